The summed E-state index contributed by atoms with van der Waals surface area (Å²) < 4.78 is 28.9. The van der Waals surface area contributed by atoms with E-state index in [1.54, 1.807) is 30.9 Å². The largest absolute Gasteiger partial charge is 0.480 e. The molecule has 21 heavy (non-hydrogen) atoms. The van der Waals surface area contributed by atoms with Crippen molar-refractivity contribution in [1.29, 1.82) is 0 Å². The van der Waals surface area contributed by atoms with Crippen molar-refractivity contribution < 1.29 is 23.4 Å². The van der Waals surface area contributed by atoms with Gasteiger partial charge in [0, 0.05) is 6.04 Å². The van der Waals surface area contributed by atoms with Gasteiger partial charge < -0.3 is 9.84 Å². The zero-order chi connectivity index (χ0) is 16.2. The number of ether oxygens (including phenoxy) is 1. The van der Waals surface area contributed by atoms with Crippen LogP contribution in [0.15, 0.2) is 24.3 Å². The monoisotopic (exact) mass is 301 g/mol. The average Bonchev–Trinajstić information content (AvgIpc) is 2.38. The van der Waals surface area contributed by atoms with Crippen LogP contribution < -0.4 is 4.74 Å². The minimum Gasteiger partial charge on any atom is -0.480 e. The van der Waals surface area contributed by atoms with Gasteiger partial charge in [0.25, 0.3) is 0 Å². The fourth-order valence-corrected chi connectivity index (χ4v) is 2.41. The van der Waals surface area contributed by atoms with Crippen molar-refractivity contribution >= 4 is 5.97 Å². The van der Waals surface area contributed by atoms with E-state index in [1.165, 1.54) is 12.1 Å². The van der Waals surface area contributed by atoms with Gasteiger partial charge in [-0.1, -0.05) is 19.1 Å². The zero-order valence-corrected chi connectivity index (χ0v) is 12.6. The summed E-state index contributed by atoms with van der Waals surface area (Å²) in [6, 6.07) is 6.09. The van der Waals surface area contributed by atoms with Crippen molar-refractivity contribution in [2.75, 3.05) is 6.54 Å². The highest BCUT2D eigenvalue weighted by Gasteiger charge is 2.36. The lowest BCUT2D eigenvalue weighted by Gasteiger charge is -2.39. The van der Waals surface area contributed by atoms with E-state index in [0.29, 0.717) is 6.54 Å². The van der Waals surface area contributed by atoms with E-state index in [9.17, 15) is 18.7 Å². The molecule has 1 unspecified atom stereocenters. The van der Waals surface area contributed by atoms with Crippen LogP contribution in [0.2, 0.25) is 0 Å². The molecular formula is C15H21F2NO3. The highest BCUT2D eigenvalue weighted by molar-refractivity contribution is 5.77. The lowest BCUT2D eigenvalue weighted by Crippen LogP contribution is -2.50. The van der Waals surface area contributed by atoms with E-state index < -0.39 is 18.1 Å². The van der Waals surface area contributed by atoms with Crippen LogP contribution in [0.4, 0.5) is 8.78 Å². The molecule has 0 spiro atoms. The Morgan fingerprint density at radius 3 is 2.52 bits per heavy atom. The third-order valence-corrected chi connectivity index (χ3v) is 3.62. The first-order valence-corrected chi connectivity index (χ1v) is 6.75. The number of carboxylic acids is 1. The first-order chi connectivity index (χ1) is 9.70. The van der Waals surface area contributed by atoms with Gasteiger partial charge in [0.2, 0.25) is 0 Å². The maximum Gasteiger partial charge on any atom is 0.387 e. The fraction of sp³-hybridized carbons (Fsp3) is 0.533. The standard InChI is InChI=1S/C15H21F2NO3/c1-5-18(15(3,4)13(19)20)10(2)11-7-6-8-12(9-11)21-14(16)17/h6-10,14H,5H2,1-4H3,(H,19,20). The predicted molar refractivity (Wildman–Crippen MR) is 75.6 cm³/mol. The van der Waals surface area contributed by atoms with Gasteiger partial charge in [-0.25, -0.2) is 0 Å². The molecule has 1 rings (SSSR count). The third-order valence-electron chi connectivity index (χ3n) is 3.62. The highest BCUT2D eigenvalue weighted by atomic mass is 19.3. The van der Waals surface area contributed by atoms with Gasteiger partial charge in [-0.05, 0) is 45.0 Å². The smallest absolute Gasteiger partial charge is 0.387 e. The number of benzene rings is 1. The summed E-state index contributed by atoms with van der Waals surface area (Å²) >= 11 is 0. The van der Waals surface area contributed by atoms with Crippen molar-refractivity contribution in [2.45, 2.75) is 45.9 Å². The molecule has 0 fully saturated rings. The number of alkyl halides is 2. The lowest BCUT2D eigenvalue weighted by molar-refractivity contribution is -0.150. The fourth-order valence-electron chi connectivity index (χ4n) is 2.41. The molecule has 0 radical (unpaired) electrons. The zero-order valence-electron chi connectivity index (χ0n) is 12.6. The molecule has 6 heteroatoms. The molecule has 0 saturated heterocycles. The van der Waals surface area contributed by atoms with Gasteiger partial charge in [-0.2, -0.15) is 8.78 Å². The molecule has 4 nitrogen and oxygen atoms in total. The number of likely N-dealkylation sites (N-methyl/N-ethyl adjacent to an activating group) is 1. The van der Waals surface area contributed by atoms with Gasteiger partial charge in [-0.15, -0.1) is 0 Å². The second-order valence-electron chi connectivity index (χ2n) is 5.28. The summed E-state index contributed by atoms with van der Waals surface area (Å²) in [6.45, 7) is 4.58. The maximum absolute atomic E-state index is 12.3. The summed E-state index contributed by atoms with van der Waals surface area (Å²) in [5, 5.41) is 9.35. The molecule has 0 bridgehead atoms. The van der Waals surface area contributed by atoms with Gasteiger partial charge in [0.1, 0.15) is 11.3 Å². The predicted octanol–water partition coefficient (Wildman–Crippen LogP) is 3.53. The van der Waals surface area contributed by atoms with Crippen molar-refractivity contribution in [3.05, 3.63) is 29.8 Å². The van der Waals surface area contributed by atoms with E-state index in [4.69, 9.17) is 0 Å². The number of carbonyl (C=O) groups is 1. The molecule has 118 valence electrons. The summed E-state index contributed by atoms with van der Waals surface area (Å²) in [7, 11) is 0. The third kappa shape index (κ3) is 4.14. The van der Waals surface area contributed by atoms with Crippen molar-refractivity contribution in [1.82, 2.24) is 4.90 Å². The maximum atomic E-state index is 12.3. The van der Waals surface area contributed by atoms with Gasteiger partial charge >= 0.3 is 12.6 Å². The highest BCUT2D eigenvalue weighted by Crippen LogP contribution is 2.30. The normalized spacial score (nSPS) is 13.5. The van der Waals surface area contributed by atoms with E-state index >= 15 is 0 Å². The Bertz CT molecular complexity index is 492. The van der Waals surface area contributed by atoms with Crippen molar-refractivity contribution in [2.24, 2.45) is 0 Å². The van der Waals surface area contributed by atoms with Crippen LogP contribution in [-0.4, -0.2) is 34.7 Å². The molecule has 0 aliphatic heterocycles. The lowest BCUT2D eigenvalue weighted by atomic mass is 9.97. The van der Waals surface area contributed by atoms with Crippen LogP contribution >= 0.6 is 0 Å². The molecule has 1 N–H and O–H groups in total. The first-order valence-electron chi connectivity index (χ1n) is 6.75. The molecule has 0 aromatic heterocycles. The Morgan fingerprint density at radius 1 is 1.43 bits per heavy atom. The summed E-state index contributed by atoms with van der Waals surface area (Å²) in [6.07, 6.45) is 0. The number of hydrogen-bond acceptors (Lipinski definition) is 3. The minimum atomic E-state index is -2.88. The van der Waals surface area contributed by atoms with Crippen LogP contribution in [0.3, 0.4) is 0 Å². The molecular weight excluding hydrogens is 280 g/mol. The van der Waals surface area contributed by atoms with E-state index in [2.05, 4.69) is 4.74 Å². The molecule has 1 atom stereocenters. The summed E-state index contributed by atoms with van der Waals surface area (Å²) in [4.78, 5) is 13.2. The first kappa shape index (κ1) is 17.4. The van der Waals surface area contributed by atoms with Gasteiger partial charge in [0.05, 0.1) is 0 Å². The topological polar surface area (TPSA) is 49.8 Å². The molecule has 1 aromatic rings. The molecule has 0 aliphatic rings. The van der Waals surface area contributed by atoms with Crippen LogP contribution in [0, 0.1) is 0 Å². The van der Waals surface area contributed by atoms with Gasteiger partial charge in [0.15, 0.2) is 0 Å². The number of carboxylic acid groups (broad SMARTS) is 1. The Hall–Kier alpha value is -1.69. The Kier molecular flexibility index (Phi) is 5.66. The van der Waals surface area contributed by atoms with Crippen LogP contribution in [-0.2, 0) is 4.79 Å². The van der Waals surface area contributed by atoms with Crippen LogP contribution in [0.5, 0.6) is 5.75 Å². The van der Waals surface area contributed by atoms with Crippen molar-refractivity contribution in [3.63, 3.8) is 0 Å². The molecule has 1 aromatic carbocycles. The van der Waals surface area contributed by atoms with Gasteiger partial charge in [-0.3, -0.25) is 9.69 Å². The number of hydrogen-bond donors (Lipinski definition) is 1. The number of aliphatic carboxylic acids is 1. The minimum absolute atomic E-state index is 0.0681. The number of rotatable bonds is 7. The second-order valence-corrected chi connectivity index (χ2v) is 5.28. The van der Waals surface area contributed by atoms with E-state index in [-0.39, 0.29) is 11.8 Å². The molecule has 0 heterocycles. The van der Waals surface area contributed by atoms with Crippen molar-refractivity contribution in [3.8, 4) is 5.75 Å². The van der Waals surface area contributed by atoms with Crippen LogP contribution in [0.1, 0.15) is 39.3 Å². The van der Waals surface area contributed by atoms with Crippen LogP contribution in [0.25, 0.3) is 0 Å². The summed E-state index contributed by atoms with van der Waals surface area (Å²) in [5.74, 6) is -0.866. The molecule has 0 saturated carbocycles. The second kappa shape index (κ2) is 6.85. The number of nitrogens with zero attached hydrogens (tertiary/aromatic N) is 1. The molecule has 0 aliphatic carbocycles. The van der Waals surface area contributed by atoms with E-state index in [1.807, 2.05) is 13.8 Å². The molecule has 0 amide bonds. The number of halogens is 2. The quantitative estimate of drug-likeness (QED) is 0.837. The van der Waals surface area contributed by atoms with E-state index in [0.717, 1.165) is 5.56 Å². The Morgan fingerprint density at radius 2 is 2.05 bits per heavy atom. The average molecular weight is 301 g/mol. The SMILES string of the molecule is CCN(C(C)c1cccc(OC(F)F)c1)C(C)(C)C(=O)O. The summed E-state index contributed by atoms with van der Waals surface area (Å²) in [5.41, 5.74) is -0.336. The Balaban J connectivity index is 3.05. The Labute approximate surface area is 123 Å².